The quantitative estimate of drug-likeness (QED) is 0.349. The fraction of sp³-hybridized carbons (Fsp3) is 0.353. The second kappa shape index (κ2) is 10.8. The van der Waals surface area contributed by atoms with E-state index in [1.54, 1.807) is 12.1 Å². The SMILES string of the molecule is CCc1cc2c(cc1N1CCN(Cc3ccc(N4CCC(=O)NC4=O)nn3)CC1)C(C)(C)c1[nH]c3cc(C#N)ccc3c1C2=O. The van der Waals surface area contributed by atoms with Gasteiger partial charge in [0, 0.05) is 79.0 Å². The predicted octanol–water partition coefficient (Wildman–Crippen LogP) is 4.03. The fourth-order valence-electron chi connectivity index (χ4n) is 6.90. The Kier molecular flexibility index (Phi) is 6.89. The third kappa shape index (κ3) is 4.82. The van der Waals surface area contributed by atoms with E-state index in [1.807, 2.05) is 18.2 Å². The standard InChI is InChI=1S/C34H34N8O3/c1-4-21-16-24-25(34(2,3)32-30(31(24)44)23-7-5-20(18-35)15-26(23)36-32)17-27(21)41-13-11-40(12-14-41)19-22-6-8-28(39-38-22)42-10-9-29(43)37-33(42)45/h5-8,15-17,36H,4,9-14,19H2,1-3H3,(H,37,43,45). The van der Waals surface area contributed by atoms with E-state index in [0.717, 1.165) is 71.6 Å². The molecule has 0 saturated carbocycles. The molecule has 228 valence electrons. The van der Waals surface area contributed by atoms with Crippen molar-refractivity contribution in [1.82, 2.24) is 25.4 Å². The van der Waals surface area contributed by atoms with Crippen LogP contribution in [0.25, 0.3) is 10.9 Å². The second-order valence-electron chi connectivity index (χ2n) is 12.5. The molecule has 3 amide bonds. The summed E-state index contributed by atoms with van der Waals surface area (Å²) in [6, 6.07) is 15.2. The van der Waals surface area contributed by atoms with Crippen LogP contribution < -0.4 is 15.1 Å². The summed E-state index contributed by atoms with van der Waals surface area (Å²) in [6.45, 7) is 10.8. The molecule has 4 aromatic rings. The first kappa shape index (κ1) is 28.7. The maximum atomic E-state index is 14.0. The number of nitriles is 1. The van der Waals surface area contributed by atoms with Crippen LogP contribution in [0, 0.1) is 11.3 Å². The number of urea groups is 1. The normalized spacial score (nSPS) is 18.0. The van der Waals surface area contributed by atoms with Crippen molar-refractivity contribution in [3.05, 3.63) is 81.7 Å². The van der Waals surface area contributed by atoms with Crippen LogP contribution in [-0.2, 0) is 23.2 Å². The van der Waals surface area contributed by atoms with Crippen LogP contribution >= 0.6 is 0 Å². The van der Waals surface area contributed by atoms with Gasteiger partial charge < -0.3 is 9.88 Å². The number of rotatable bonds is 5. The van der Waals surface area contributed by atoms with Crippen LogP contribution in [0.4, 0.5) is 16.3 Å². The summed E-state index contributed by atoms with van der Waals surface area (Å²) in [5.41, 5.74) is 7.48. The molecule has 0 atom stereocenters. The van der Waals surface area contributed by atoms with Crippen molar-refractivity contribution < 1.29 is 14.4 Å². The minimum Gasteiger partial charge on any atom is -0.369 e. The number of fused-ring (bicyclic) bond motifs is 4. The van der Waals surface area contributed by atoms with Gasteiger partial charge in [0.05, 0.1) is 22.9 Å². The van der Waals surface area contributed by atoms with Gasteiger partial charge in [0.15, 0.2) is 11.6 Å². The van der Waals surface area contributed by atoms with Crippen LogP contribution in [0.3, 0.4) is 0 Å². The summed E-state index contributed by atoms with van der Waals surface area (Å²) < 4.78 is 0. The number of aryl methyl sites for hydroxylation is 1. The molecule has 2 aromatic heterocycles. The number of H-pyrrole nitrogens is 1. The van der Waals surface area contributed by atoms with E-state index in [1.165, 1.54) is 10.6 Å². The van der Waals surface area contributed by atoms with E-state index in [9.17, 15) is 19.6 Å². The lowest BCUT2D eigenvalue weighted by molar-refractivity contribution is -0.120. The Morgan fingerprint density at radius 2 is 1.78 bits per heavy atom. The van der Waals surface area contributed by atoms with Crippen molar-refractivity contribution in [1.29, 1.82) is 5.26 Å². The first-order valence-electron chi connectivity index (χ1n) is 15.4. The summed E-state index contributed by atoms with van der Waals surface area (Å²) in [4.78, 5) is 47.2. The van der Waals surface area contributed by atoms with Crippen LogP contribution in [-0.4, -0.2) is 70.5 Å². The van der Waals surface area contributed by atoms with Gasteiger partial charge >= 0.3 is 6.03 Å². The number of imide groups is 1. The van der Waals surface area contributed by atoms with E-state index >= 15 is 0 Å². The maximum Gasteiger partial charge on any atom is 0.329 e. The van der Waals surface area contributed by atoms with E-state index in [2.05, 4.69) is 69.3 Å². The van der Waals surface area contributed by atoms with Crippen molar-refractivity contribution >= 4 is 40.1 Å². The molecule has 11 nitrogen and oxygen atoms in total. The Morgan fingerprint density at radius 1 is 0.978 bits per heavy atom. The molecule has 11 heteroatoms. The van der Waals surface area contributed by atoms with Gasteiger partial charge in [-0.25, -0.2) is 4.79 Å². The Bertz CT molecular complexity index is 1910. The molecule has 0 unspecified atom stereocenters. The number of hydrogen-bond donors (Lipinski definition) is 2. The molecule has 7 rings (SSSR count). The van der Waals surface area contributed by atoms with E-state index in [0.29, 0.717) is 30.0 Å². The lowest BCUT2D eigenvalue weighted by atomic mass is 9.70. The van der Waals surface area contributed by atoms with Crippen LogP contribution in [0.5, 0.6) is 0 Å². The van der Waals surface area contributed by atoms with Crippen LogP contribution in [0.1, 0.15) is 71.2 Å². The Labute approximate surface area is 260 Å². The molecule has 3 aliphatic rings. The average Bonchev–Trinajstić information content (AvgIpc) is 3.44. The Hall–Kier alpha value is -5.08. The van der Waals surface area contributed by atoms with Crippen molar-refractivity contribution in [3.8, 4) is 6.07 Å². The van der Waals surface area contributed by atoms with Gasteiger partial charge in [-0.2, -0.15) is 10.4 Å². The average molecular weight is 603 g/mol. The highest BCUT2D eigenvalue weighted by Crippen LogP contribution is 2.45. The number of nitrogens with one attached hydrogen (secondary N) is 2. The van der Waals surface area contributed by atoms with Crippen LogP contribution in [0.15, 0.2) is 42.5 Å². The molecule has 2 saturated heterocycles. The molecular formula is C34H34N8O3. The minimum atomic E-state index is -0.471. The number of amides is 3. The number of carbonyl (C=O) groups is 3. The minimum absolute atomic E-state index is 0.0304. The Morgan fingerprint density at radius 3 is 2.47 bits per heavy atom. The largest absolute Gasteiger partial charge is 0.369 e. The number of aromatic nitrogens is 3. The molecule has 45 heavy (non-hydrogen) atoms. The number of nitrogens with zero attached hydrogens (tertiary/aromatic N) is 6. The number of hydrogen-bond acceptors (Lipinski definition) is 8. The zero-order valence-corrected chi connectivity index (χ0v) is 25.6. The van der Waals surface area contributed by atoms with Gasteiger partial charge in [0.1, 0.15) is 0 Å². The van der Waals surface area contributed by atoms with Crippen LogP contribution in [0.2, 0.25) is 0 Å². The monoisotopic (exact) mass is 602 g/mol. The van der Waals surface area contributed by atoms with Gasteiger partial charge in [-0.3, -0.25) is 24.7 Å². The van der Waals surface area contributed by atoms with Gasteiger partial charge in [-0.05, 0) is 53.9 Å². The highest BCUT2D eigenvalue weighted by Gasteiger charge is 2.40. The summed E-state index contributed by atoms with van der Waals surface area (Å²) >= 11 is 0. The number of anilines is 2. The number of benzene rings is 2. The smallest absolute Gasteiger partial charge is 0.329 e. The summed E-state index contributed by atoms with van der Waals surface area (Å²) in [5.74, 6) is 0.182. The topological polar surface area (TPSA) is 138 Å². The van der Waals surface area contributed by atoms with E-state index < -0.39 is 11.4 Å². The number of aromatic amines is 1. The lowest BCUT2D eigenvalue weighted by Gasteiger charge is -2.39. The maximum absolute atomic E-state index is 14.0. The van der Waals surface area contributed by atoms with Gasteiger partial charge in [0.25, 0.3) is 0 Å². The fourth-order valence-corrected chi connectivity index (χ4v) is 6.90. The Balaban J connectivity index is 1.09. The van der Waals surface area contributed by atoms with E-state index in [4.69, 9.17) is 0 Å². The third-order valence-electron chi connectivity index (χ3n) is 9.43. The van der Waals surface area contributed by atoms with E-state index in [-0.39, 0.29) is 18.1 Å². The zero-order valence-electron chi connectivity index (χ0n) is 25.6. The van der Waals surface area contributed by atoms with Crippen molar-refractivity contribution in [2.24, 2.45) is 0 Å². The molecule has 2 aromatic carbocycles. The molecule has 2 N–H and O–H groups in total. The zero-order chi connectivity index (χ0) is 31.5. The second-order valence-corrected chi connectivity index (χ2v) is 12.5. The highest BCUT2D eigenvalue weighted by molar-refractivity contribution is 6.20. The summed E-state index contributed by atoms with van der Waals surface area (Å²) in [7, 11) is 0. The molecule has 0 radical (unpaired) electrons. The summed E-state index contributed by atoms with van der Waals surface area (Å²) in [5, 5.41) is 21.2. The molecule has 1 aliphatic carbocycles. The van der Waals surface area contributed by atoms with Crippen molar-refractivity contribution in [3.63, 3.8) is 0 Å². The van der Waals surface area contributed by atoms with Gasteiger partial charge in [-0.15, -0.1) is 5.10 Å². The molecular weight excluding hydrogens is 568 g/mol. The van der Waals surface area contributed by atoms with Crippen molar-refractivity contribution in [2.45, 2.75) is 45.6 Å². The molecule has 0 bridgehead atoms. The van der Waals surface area contributed by atoms with Gasteiger partial charge in [-0.1, -0.05) is 26.8 Å². The first-order chi connectivity index (χ1) is 21.7. The molecule has 2 aliphatic heterocycles. The number of ketones is 1. The van der Waals surface area contributed by atoms with Gasteiger partial charge in [0.2, 0.25) is 5.91 Å². The predicted molar refractivity (Wildman–Crippen MR) is 169 cm³/mol. The molecule has 0 spiro atoms. The lowest BCUT2D eigenvalue weighted by Crippen LogP contribution is -2.50. The number of carbonyl (C=O) groups excluding carboxylic acids is 3. The molecule has 2 fully saturated rings. The first-order valence-corrected chi connectivity index (χ1v) is 15.4. The number of piperazine rings is 1. The summed E-state index contributed by atoms with van der Waals surface area (Å²) in [6.07, 6.45) is 1.05. The third-order valence-corrected chi connectivity index (χ3v) is 9.43. The van der Waals surface area contributed by atoms with Crippen molar-refractivity contribution in [2.75, 3.05) is 42.5 Å². The highest BCUT2D eigenvalue weighted by atomic mass is 16.2. The molecule has 4 heterocycles.